The smallest absolute Gasteiger partial charge is 0.0695 e. The van der Waals surface area contributed by atoms with E-state index in [2.05, 4.69) is 43.4 Å². The van der Waals surface area contributed by atoms with Crippen LogP contribution >= 0.6 is 11.6 Å². The molecule has 112 valence electrons. The fourth-order valence-corrected chi connectivity index (χ4v) is 5.60. The number of benzene rings is 1. The standard InChI is InChI=1S/C17H27ClOSi/c1-20(2)17(10-6-7-11-19-17)13-16(14-18)12-15-8-4-3-5-9-15/h3-5,8-9,16,20H,6-7,10-14H2,1-2H3. The average molecular weight is 311 g/mol. The van der Waals surface area contributed by atoms with Crippen LogP contribution in [0.25, 0.3) is 0 Å². The minimum Gasteiger partial charge on any atom is -0.379 e. The van der Waals surface area contributed by atoms with Gasteiger partial charge in [0, 0.05) is 12.5 Å². The van der Waals surface area contributed by atoms with Crippen LogP contribution in [0.2, 0.25) is 13.1 Å². The van der Waals surface area contributed by atoms with Crippen LogP contribution in [0.5, 0.6) is 0 Å². The molecule has 0 aromatic heterocycles. The molecule has 0 saturated carbocycles. The van der Waals surface area contributed by atoms with Gasteiger partial charge in [-0.05, 0) is 43.6 Å². The van der Waals surface area contributed by atoms with Crippen LogP contribution in [-0.4, -0.2) is 26.5 Å². The summed E-state index contributed by atoms with van der Waals surface area (Å²) >= 11 is 6.26. The highest BCUT2D eigenvalue weighted by Crippen LogP contribution is 2.35. The van der Waals surface area contributed by atoms with Crippen LogP contribution in [0.3, 0.4) is 0 Å². The van der Waals surface area contributed by atoms with Crippen molar-refractivity contribution in [2.24, 2.45) is 5.92 Å². The van der Waals surface area contributed by atoms with Crippen molar-refractivity contribution in [2.45, 2.75) is 50.4 Å². The summed E-state index contributed by atoms with van der Waals surface area (Å²) in [6.07, 6.45) is 6.03. The number of hydrogen-bond acceptors (Lipinski definition) is 1. The molecule has 1 aliphatic heterocycles. The lowest BCUT2D eigenvalue weighted by Crippen LogP contribution is -2.49. The lowest BCUT2D eigenvalue weighted by molar-refractivity contribution is -0.0357. The molecule has 1 aromatic rings. The van der Waals surface area contributed by atoms with Crippen LogP contribution in [0.1, 0.15) is 31.2 Å². The second-order valence-electron chi connectivity index (χ2n) is 6.44. The first-order valence-corrected chi connectivity index (χ1v) is 11.3. The molecular weight excluding hydrogens is 284 g/mol. The molecule has 0 N–H and O–H groups in total. The predicted molar refractivity (Wildman–Crippen MR) is 90.4 cm³/mol. The van der Waals surface area contributed by atoms with Crippen molar-refractivity contribution in [3.05, 3.63) is 35.9 Å². The highest BCUT2D eigenvalue weighted by Gasteiger charge is 2.38. The van der Waals surface area contributed by atoms with Crippen molar-refractivity contribution in [2.75, 3.05) is 12.5 Å². The fourth-order valence-electron chi connectivity index (χ4n) is 3.34. The van der Waals surface area contributed by atoms with Crippen molar-refractivity contribution in [3.63, 3.8) is 0 Å². The first-order valence-electron chi connectivity index (χ1n) is 7.90. The summed E-state index contributed by atoms with van der Waals surface area (Å²) in [5.41, 5.74) is 1.40. The van der Waals surface area contributed by atoms with Gasteiger partial charge in [-0.2, -0.15) is 0 Å². The van der Waals surface area contributed by atoms with Crippen LogP contribution < -0.4 is 0 Å². The van der Waals surface area contributed by atoms with E-state index in [4.69, 9.17) is 16.3 Å². The Bertz CT molecular complexity index is 387. The molecular formula is C17H27ClOSi. The van der Waals surface area contributed by atoms with E-state index in [0.717, 1.165) is 25.3 Å². The van der Waals surface area contributed by atoms with E-state index < -0.39 is 8.80 Å². The largest absolute Gasteiger partial charge is 0.379 e. The first kappa shape index (κ1) is 16.1. The van der Waals surface area contributed by atoms with Crippen molar-refractivity contribution < 1.29 is 4.74 Å². The zero-order valence-electron chi connectivity index (χ0n) is 12.8. The third-order valence-electron chi connectivity index (χ3n) is 4.66. The van der Waals surface area contributed by atoms with E-state index in [-0.39, 0.29) is 5.22 Å². The SMILES string of the molecule is C[SiH](C)C1(CC(CCl)Cc2ccccc2)CCCCO1. The van der Waals surface area contributed by atoms with E-state index in [0.29, 0.717) is 5.92 Å². The van der Waals surface area contributed by atoms with Crippen LogP contribution in [-0.2, 0) is 11.2 Å². The maximum Gasteiger partial charge on any atom is 0.0695 e. The number of alkyl halides is 1. The number of rotatable bonds is 6. The molecule has 1 heterocycles. The lowest BCUT2D eigenvalue weighted by Gasteiger charge is -2.42. The molecule has 2 rings (SSSR count). The molecule has 0 bridgehead atoms. The summed E-state index contributed by atoms with van der Waals surface area (Å²) in [7, 11) is -0.846. The third-order valence-corrected chi connectivity index (χ3v) is 7.89. The van der Waals surface area contributed by atoms with Crippen molar-refractivity contribution in [1.29, 1.82) is 0 Å². The summed E-state index contributed by atoms with van der Waals surface area (Å²) in [5, 5.41) is 0.187. The number of hydrogen-bond donors (Lipinski definition) is 0. The van der Waals surface area contributed by atoms with Crippen molar-refractivity contribution in [1.82, 2.24) is 0 Å². The Hall–Kier alpha value is -0.313. The average Bonchev–Trinajstić information content (AvgIpc) is 2.48. The van der Waals surface area contributed by atoms with Gasteiger partial charge in [0.15, 0.2) is 0 Å². The Morgan fingerprint density at radius 1 is 1.25 bits per heavy atom. The maximum absolute atomic E-state index is 6.30. The molecule has 0 radical (unpaired) electrons. The monoisotopic (exact) mass is 310 g/mol. The van der Waals surface area contributed by atoms with Gasteiger partial charge in [-0.25, -0.2) is 0 Å². The Labute approximate surface area is 130 Å². The van der Waals surface area contributed by atoms with Crippen molar-refractivity contribution in [3.8, 4) is 0 Å². The van der Waals surface area contributed by atoms with Crippen molar-refractivity contribution >= 4 is 20.4 Å². The molecule has 1 aromatic carbocycles. The molecule has 2 unspecified atom stereocenters. The lowest BCUT2D eigenvalue weighted by atomic mass is 9.92. The Kier molecular flexibility index (Phi) is 6.13. The normalized spacial score (nSPS) is 24.8. The molecule has 0 aliphatic carbocycles. The van der Waals surface area contributed by atoms with Crippen LogP contribution in [0, 0.1) is 5.92 Å². The summed E-state index contributed by atoms with van der Waals surface area (Å²) < 4.78 is 6.30. The topological polar surface area (TPSA) is 9.23 Å². The van der Waals surface area contributed by atoms with Crippen LogP contribution in [0.4, 0.5) is 0 Å². The van der Waals surface area contributed by atoms with Crippen LogP contribution in [0.15, 0.2) is 30.3 Å². The highest BCUT2D eigenvalue weighted by molar-refractivity contribution is 6.59. The van der Waals surface area contributed by atoms with Gasteiger partial charge in [-0.15, -0.1) is 11.6 Å². The predicted octanol–water partition coefficient (Wildman–Crippen LogP) is 4.44. The maximum atomic E-state index is 6.30. The number of halogens is 1. The summed E-state index contributed by atoms with van der Waals surface area (Å²) in [6.45, 7) is 5.81. The molecule has 20 heavy (non-hydrogen) atoms. The molecule has 1 nitrogen and oxygen atoms in total. The van der Waals surface area contributed by atoms with E-state index in [1.54, 1.807) is 0 Å². The zero-order chi connectivity index (χ0) is 14.4. The molecule has 1 aliphatic rings. The minimum atomic E-state index is -0.846. The first-order chi connectivity index (χ1) is 9.66. The molecule has 2 atom stereocenters. The van der Waals surface area contributed by atoms with Gasteiger partial charge in [-0.1, -0.05) is 43.4 Å². The Morgan fingerprint density at radius 2 is 2.00 bits per heavy atom. The van der Waals surface area contributed by atoms with Gasteiger partial charge in [-0.3, -0.25) is 0 Å². The molecule has 1 saturated heterocycles. The summed E-state index contributed by atoms with van der Waals surface area (Å²) in [5.74, 6) is 1.27. The van der Waals surface area contributed by atoms with E-state index in [1.807, 2.05) is 0 Å². The minimum absolute atomic E-state index is 0.187. The molecule has 1 fully saturated rings. The van der Waals surface area contributed by atoms with Gasteiger partial charge in [0.05, 0.1) is 14.0 Å². The van der Waals surface area contributed by atoms with Gasteiger partial charge in [0.25, 0.3) is 0 Å². The zero-order valence-corrected chi connectivity index (χ0v) is 14.7. The highest BCUT2D eigenvalue weighted by atomic mass is 35.5. The van der Waals surface area contributed by atoms with Gasteiger partial charge in [0.2, 0.25) is 0 Å². The summed E-state index contributed by atoms with van der Waals surface area (Å²) in [6, 6.07) is 10.7. The Morgan fingerprint density at radius 3 is 2.55 bits per heavy atom. The summed E-state index contributed by atoms with van der Waals surface area (Å²) in [4.78, 5) is 0. The second-order valence-corrected chi connectivity index (χ2v) is 10.1. The molecule has 0 amide bonds. The third kappa shape index (κ3) is 4.09. The fraction of sp³-hybridized carbons (Fsp3) is 0.647. The Balaban J connectivity index is 2.03. The second kappa shape index (κ2) is 7.63. The van der Waals surface area contributed by atoms with E-state index >= 15 is 0 Å². The van der Waals surface area contributed by atoms with Gasteiger partial charge < -0.3 is 4.74 Å². The molecule has 3 heteroatoms. The quantitative estimate of drug-likeness (QED) is 0.557. The van der Waals surface area contributed by atoms with Gasteiger partial charge in [0.1, 0.15) is 0 Å². The van der Waals surface area contributed by atoms with E-state index in [1.165, 1.54) is 24.8 Å². The number of ether oxygens (including phenoxy) is 1. The van der Waals surface area contributed by atoms with E-state index in [9.17, 15) is 0 Å². The van der Waals surface area contributed by atoms with Gasteiger partial charge >= 0.3 is 0 Å². The molecule has 0 spiro atoms.